The van der Waals surface area contributed by atoms with Crippen LogP contribution in [0.5, 0.6) is 0 Å². The summed E-state index contributed by atoms with van der Waals surface area (Å²) >= 11 is 3.15. The van der Waals surface area contributed by atoms with Crippen LogP contribution in [-0.4, -0.2) is 24.4 Å². The number of sulfonamides is 1. The van der Waals surface area contributed by atoms with Crippen molar-refractivity contribution in [2.45, 2.75) is 35.5 Å². The molecule has 1 N–H and O–H groups in total. The van der Waals surface area contributed by atoms with E-state index in [4.69, 9.17) is 0 Å². The highest BCUT2D eigenvalue weighted by molar-refractivity contribution is 8.01. The number of thioether (sulfide) groups is 1. The second-order valence-electron chi connectivity index (χ2n) is 6.12. The summed E-state index contributed by atoms with van der Waals surface area (Å²) in [6.45, 7) is 3.85. The number of hydrogen-bond donors (Lipinski definition) is 1. The van der Waals surface area contributed by atoms with Gasteiger partial charge in [0.05, 0.1) is 4.90 Å². The lowest BCUT2D eigenvalue weighted by Crippen LogP contribution is -2.29. The Bertz CT molecular complexity index is 971. The number of rotatable bonds is 8. The smallest absolute Gasteiger partial charge is 0.207 e. The molecule has 3 rings (SSSR count). The Morgan fingerprint density at radius 1 is 1.04 bits per heavy atom. The third-order valence-corrected chi connectivity index (χ3v) is 7.46. The number of nitrogens with one attached hydrogen (secondary N) is 1. The van der Waals surface area contributed by atoms with Gasteiger partial charge in [-0.05, 0) is 38.0 Å². The zero-order chi connectivity index (χ0) is 19.3. The second-order valence-corrected chi connectivity index (χ2v) is 10.4. The molecule has 0 aliphatic heterocycles. The minimum absolute atomic E-state index is 0.279. The molecule has 0 aliphatic carbocycles. The van der Waals surface area contributed by atoms with Crippen molar-refractivity contribution in [3.63, 3.8) is 0 Å². The highest BCUT2D eigenvalue weighted by Crippen LogP contribution is 2.27. The number of hydrogen-bond acceptors (Lipinski definition) is 6. The first kappa shape index (κ1) is 20.0. The minimum atomic E-state index is -3.60. The van der Waals surface area contributed by atoms with Crippen LogP contribution in [0, 0.1) is 13.8 Å². The Hall–Kier alpha value is -1.74. The molecule has 27 heavy (non-hydrogen) atoms. The van der Waals surface area contributed by atoms with Crippen molar-refractivity contribution >= 4 is 33.1 Å². The van der Waals surface area contributed by atoms with Crippen LogP contribution in [0.15, 0.2) is 63.8 Å². The van der Waals surface area contributed by atoms with Gasteiger partial charge in [-0.1, -0.05) is 71.1 Å². The maximum atomic E-state index is 12.8. The summed E-state index contributed by atoms with van der Waals surface area (Å²) in [7, 11) is -3.60. The highest BCUT2D eigenvalue weighted by Gasteiger charge is 2.21. The Labute approximate surface area is 168 Å². The monoisotopic (exact) mass is 419 g/mol. The minimum Gasteiger partial charge on any atom is -0.207 e. The zero-order valence-electron chi connectivity index (χ0n) is 15.1. The van der Waals surface area contributed by atoms with E-state index in [0.29, 0.717) is 6.42 Å². The van der Waals surface area contributed by atoms with Crippen LogP contribution < -0.4 is 4.72 Å². The van der Waals surface area contributed by atoms with E-state index in [1.54, 1.807) is 47.4 Å². The van der Waals surface area contributed by atoms with E-state index >= 15 is 0 Å². The Morgan fingerprint density at radius 2 is 1.74 bits per heavy atom. The van der Waals surface area contributed by atoms with E-state index in [-0.39, 0.29) is 10.9 Å². The topological polar surface area (TPSA) is 72.0 Å². The lowest BCUT2D eigenvalue weighted by molar-refractivity contribution is 0.551. The summed E-state index contributed by atoms with van der Waals surface area (Å²) in [5.41, 5.74) is 1.97. The molecule has 3 aromatic rings. The van der Waals surface area contributed by atoms with Crippen molar-refractivity contribution in [3.05, 3.63) is 70.7 Å². The maximum absolute atomic E-state index is 12.8. The van der Waals surface area contributed by atoms with E-state index in [1.165, 1.54) is 0 Å². The van der Waals surface area contributed by atoms with Crippen molar-refractivity contribution in [2.24, 2.45) is 0 Å². The van der Waals surface area contributed by atoms with Crippen molar-refractivity contribution in [3.8, 4) is 0 Å². The van der Waals surface area contributed by atoms with Crippen LogP contribution in [-0.2, 0) is 10.0 Å². The van der Waals surface area contributed by atoms with Gasteiger partial charge in [-0.25, -0.2) is 13.1 Å². The van der Waals surface area contributed by atoms with Gasteiger partial charge in [0.25, 0.3) is 0 Å². The number of aromatic nitrogens is 2. The average molecular weight is 420 g/mol. The number of aryl methyl sites for hydroxylation is 2. The molecule has 142 valence electrons. The van der Waals surface area contributed by atoms with Crippen molar-refractivity contribution in [2.75, 3.05) is 5.75 Å². The molecule has 0 spiro atoms. The van der Waals surface area contributed by atoms with Crippen LogP contribution in [0.2, 0.25) is 0 Å². The van der Waals surface area contributed by atoms with Gasteiger partial charge in [0, 0.05) is 11.8 Å². The molecule has 8 heteroatoms. The molecule has 1 heterocycles. The Kier molecular flexibility index (Phi) is 6.64. The lowest BCUT2D eigenvalue weighted by Gasteiger charge is -2.19. The SMILES string of the molecule is Cc1ccc(S(=O)(=O)NC(CCSc2nnc(C)s2)c2ccccc2)cc1. The Morgan fingerprint density at radius 3 is 2.37 bits per heavy atom. The summed E-state index contributed by atoms with van der Waals surface area (Å²) in [6, 6.07) is 16.2. The van der Waals surface area contributed by atoms with Crippen molar-refractivity contribution < 1.29 is 8.42 Å². The normalized spacial score (nSPS) is 12.8. The molecule has 0 radical (unpaired) electrons. The molecule has 0 aliphatic rings. The van der Waals surface area contributed by atoms with Crippen LogP contribution in [0.3, 0.4) is 0 Å². The van der Waals surface area contributed by atoms with Gasteiger partial charge in [-0.15, -0.1) is 10.2 Å². The van der Waals surface area contributed by atoms with Crippen LogP contribution in [0.4, 0.5) is 0 Å². The highest BCUT2D eigenvalue weighted by atomic mass is 32.2. The van der Waals surface area contributed by atoms with Crippen LogP contribution in [0.25, 0.3) is 0 Å². The standard InChI is InChI=1S/C19H21N3O2S3/c1-14-8-10-17(11-9-14)27(23,24)22-18(16-6-4-3-5-7-16)12-13-25-19-21-20-15(2)26-19/h3-11,18,22H,12-13H2,1-2H3. The van der Waals surface area contributed by atoms with E-state index in [1.807, 2.05) is 44.2 Å². The van der Waals surface area contributed by atoms with E-state index in [2.05, 4.69) is 14.9 Å². The molecule has 1 unspecified atom stereocenters. The fraction of sp³-hybridized carbons (Fsp3) is 0.263. The molecule has 0 amide bonds. The molecule has 0 fully saturated rings. The molecular formula is C19H21N3O2S3. The molecule has 2 aromatic carbocycles. The van der Waals surface area contributed by atoms with Gasteiger partial charge in [0.15, 0.2) is 4.34 Å². The van der Waals surface area contributed by atoms with Gasteiger partial charge in [0.1, 0.15) is 5.01 Å². The van der Waals surface area contributed by atoms with Gasteiger partial charge >= 0.3 is 0 Å². The molecule has 1 aromatic heterocycles. The van der Waals surface area contributed by atoms with E-state index < -0.39 is 10.0 Å². The predicted octanol–water partition coefficient (Wildman–Crippen LogP) is 4.36. The first-order chi connectivity index (χ1) is 12.9. The summed E-state index contributed by atoms with van der Waals surface area (Å²) in [5.74, 6) is 0.741. The quantitative estimate of drug-likeness (QED) is 0.549. The van der Waals surface area contributed by atoms with Gasteiger partial charge in [0.2, 0.25) is 10.0 Å². The van der Waals surface area contributed by atoms with Crippen molar-refractivity contribution in [1.82, 2.24) is 14.9 Å². The summed E-state index contributed by atoms with van der Waals surface area (Å²) in [5, 5.41) is 9.05. The first-order valence-corrected chi connectivity index (χ1v) is 11.8. The molecular weight excluding hydrogens is 398 g/mol. The van der Waals surface area contributed by atoms with Crippen LogP contribution in [0.1, 0.15) is 28.6 Å². The summed E-state index contributed by atoms with van der Waals surface area (Å²) in [4.78, 5) is 0.279. The molecule has 0 bridgehead atoms. The average Bonchev–Trinajstić information content (AvgIpc) is 3.07. The number of benzene rings is 2. The predicted molar refractivity (Wildman–Crippen MR) is 111 cm³/mol. The number of nitrogens with zero attached hydrogens (tertiary/aromatic N) is 2. The second kappa shape index (κ2) is 8.97. The Balaban J connectivity index is 1.74. The third kappa shape index (κ3) is 5.62. The van der Waals surface area contributed by atoms with Gasteiger partial charge in [-0.2, -0.15) is 0 Å². The molecule has 5 nitrogen and oxygen atoms in total. The molecule has 1 atom stereocenters. The fourth-order valence-corrected chi connectivity index (χ4v) is 5.70. The molecule has 0 saturated carbocycles. The summed E-state index contributed by atoms with van der Waals surface area (Å²) < 4.78 is 29.4. The first-order valence-electron chi connectivity index (χ1n) is 8.51. The fourth-order valence-electron chi connectivity index (χ4n) is 2.55. The van der Waals surface area contributed by atoms with E-state index in [0.717, 1.165) is 26.2 Å². The molecule has 0 saturated heterocycles. The lowest BCUT2D eigenvalue weighted by atomic mass is 10.1. The van der Waals surface area contributed by atoms with Gasteiger partial charge < -0.3 is 0 Å². The van der Waals surface area contributed by atoms with Crippen LogP contribution >= 0.6 is 23.1 Å². The largest absolute Gasteiger partial charge is 0.241 e. The third-order valence-electron chi connectivity index (χ3n) is 3.97. The zero-order valence-corrected chi connectivity index (χ0v) is 17.6. The van der Waals surface area contributed by atoms with E-state index in [9.17, 15) is 8.42 Å². The summed E-state index contributed by atoms with van der Waals surface area (Å²) in [6.07, 6.45) is 0.651. The maximum Gasteiger partial charge on any atom is 0.241 e. The van der Waals surface area contributed by atoms with Crippen molar-refractivity contribution in [1.29, 1.82) is 0 Å². The van der Waals surface area contributed by atoms with Gasteiger partial charge in [-0.3, -0.25) is 0 Å².